The van der Waals surface area contributed by atoms with E-state index in [9.17, 15) is 18.0 Å². The van der Waals surface area contributed by atoms with Gasteiger partial charge in [-0.3, -0.25) is 9.36 Å². The Labute approximate surface area is 303 Å². The maximum atomic E-state index is 14.6. The molecule has 1 atom stereocenters. The van der Waals surface area contributed by atoms with Gasteiger partial charge in [-0.15, -0.1) is 0 Å². The smallest absolute Gasteiger partial charge is 0.444 e. The number of anilines is 2. The number of rotatable bonds is 6. The predicted molar refractivity (Wildman–Crippen MR) is 192 cm³/mol. The zero-order valence-corrected chi connectivity index (χ0v) is 31.8. The van der Waals surface area contributed by atoms with E-state index in [-0.39, 0.29) is 43.6 Å². The minimum absolute atomic E-state index is 0.0424. The van der Waals surface area contributed by atoms with Crippen molar-refractivity contribution in [1.29, 1.82) is 0 Å². The Hall–Kier alpha value is -3.14. The zero-order chi connectivity index (χ0) is 36.6. The topological polar surface area (TPSA) is 124 Å². The van der Waals surface area contributed by atoms with Crippen LogP contribution in [-0.4, -0.2) is 89.3 Å². The fourth-order valence-corrected chi connectivity index (χ4v) is 8.48. The Morgan fingerprint density at radius 1 is 0.940 bits per heavy atom. The van der Waals surface area contributed by atoms with Gasteiger partial charge in [0.1, 0.15) is 11.1 Å². The number of imidazole rings is 1. The maximum absolute atomic E-state index is 14.6. The standard InChI is InChI=1S/C34H42BCl2N5O7S/c1-31(2,3)47-30(44)39-13-15-40(16-14-39)50(45,46)27-21-38-29-41(26-18-24(36)17-25(37)19-26)28(43)34(8,42(27)29)20-22-9-11-23(12-10-22)35-48-32(4,5)33(6,7)49-35/h9-12,17-19,21H,13-16,20H2,1-8H3/t34-/m1/s1. The third kappa shape index (κ3) is 6.54. The number of hydrogen-bond donors (Lipinski definition) is 0. The summed E-state index contributed by atoms with van der Waals surface area (Å²) < 4.78 is 49.4. The SMILES string of the molecule is CC(C)(C)OC(=O)N1CCN(S(=O)(=O)c2cnc3n2[C@](C)(Cc2ccc(B4OC(C)(C)C(C)(C)O4)cc2)C(=O)N3c2cc(Cl)cc(Cl)c2)CC1. The molecule has 0 bridgehead atoms. The number of hydrogen-bond acceptors (Lipinski definition) is 8. The lowest BCUT2D eigenvalue weighted by Gasteiger charge is -2.35. The van der Waals surface area contributed by atoms with Gasteiger partial charge in [0, 0.05) is 42.6 Å². The van der Waals surface area contributed by atoms with E-state index < -0.39 is 51.5 Å². The normalized spacial score (nSPS) is 22.3. The van der Waals surface area contributed by atoms with E-state index in [1.165, 1.54) is 24.9 Å². The van der Waals surface area contributed by atoms with Crippen LogP contribution >= 0.6 is 23.2 Å². The molecule has 1 aromatic heterocycles. The number of carbonyl (C=O) groups is 2. The Balaban J connectivity index is 1.34. The molecule has 50 heavy (non-hydrogen) atoms. The highest BCUT2D eigenvalue weighted by molar-refractivity contribution is 7.89. The molecule has 2 aromatic carbocycles. The van der Waals surface area contributed by atoms with Gasteiger partial charge in [-0.2, -0.15) is 4.31 Å². The van der Waals surface area contributed by atoms with Crippen LogP contribution in [0.15, 0.2) is 53.7 Å². The average Bonchev–Trinajstić information content (AvgIpc) is 3.60. The zero-order valence-electron chi connectivity index (χ0n) is 29.5. The van der Waals surface area contributed by atoms with Crippen LogP contribution in [0.25, 0.3) is 0 Å². The summed E-state index contributed by atoms with van der Waals surface area (Å²) in [5.74, 6) is -0.282. The van der Waals surface area contributed by atoms with Gasteiger partial charge in [-0.05, 0) is 84.6 Å². The van der Waals surface area contributed by atoms with Crippen LogP contribution in [-0.2, 0) is 40.8 Å². The molecule has 0 N–H and O–H groups in total. The molecule has 16 heteroatoms. The van der Waals surface area contributed by atoms with Crippen molar-refractivity contribution < 1.29 is 32.1 Å². The van der Waals surface area contributed by atoms with Gasteiger partial charge in [0.25, 0.3) is 15.9 Å². The molecule has 4 heterocycles. The highest BCUT2D eigenvalue weighted by Gasteiger charge is 2.54. The number of piperazine rings is 1. The second kappa shape index (κ2) is 12.5. The molecule has 2 fully saturated rings. The van der Waals surface area contributed by atoms with Crippen LogP contribution in [0.3, 0.4) is 0 Å². The van der Waals surface area contributed by atoms with Gasteiger partial charge in [0.05, 0.1) is 23.1 Å². The summed E-state index contributed by atoms with van der Waals surface area (Å²) in [5, 5.41) is 0.473. The fourth-order valence-electron chi connectivity index (χ4n) is 6.35. The monoisotopic (exact) mass is 745 g/mol. The molecule has 3 aromatic rings. The molecule has 12 nitrogen and oxygen atoms in total. The molecule has 3 aliphatic rings. The summed E-state index contributed by atoms with van der Waals surface area (Å²) in [4.78, 5) is 34.6. The number of nitrogens with zero attached hydrogens (tertiary/aromatic N) is 5. The average molecular weight is 747 g/mol. The Kier molecular flexibility index (Phi) is 9.18. The molecule has 6 rings (SSSR count). The fraction of sp³-hybridized carbons (Fsp3) is 0.500. The van der Waals surface area contributed by atoms with E-state index in [1.54, 1.807) is 45.9 Å². The van der Waals surface area contributed by atoms with Crippen LogP contribution in [0, 0.1) is 0 Å². The van der Waals surface area contributed by atoms with E-state index in [1.807, 2.05) is 52.0 Å². The first-order valence-electron chi connectivity index (χ1n) is 16.4. The van der Waals surface area contributed by atoms with Crippen LogP contribution in [0.5, 0.6) is 0 Å². The van der Waals surface area contributed by atoms with Gasteiger partial charge in [-0.1, -0.05) is 47.5 Å². The summed E-state index contributed by atoms with van der Waals surface area (Å²) in [7, 11) is -4.75. The summed E-state index contributed by atoms with van der Waals surface area (Å²) >= 11 is 12.7. The van der Waals surface area contributed by atoms with E-state index in [0.717, 1.165) is 11.0 Å². The molecular formula is C34H42BCl2N5O7S. The molecule has 0 radical (unpaired) electrons. The molecule has 0 unspecified atom stereocenters. The number of aromatic nitrogens is 2. The Morgan fingerprint density at radius 2 is 1.50 bits per heavy atom. The lowest BCUT2D eigenvalue weighted by Crippen LogP contribution is -2.52. The number of halogens is 2. The summed E-state index contributed by atoms with van der Waals surface area (Å²) in [6, 6.07) is 12.3. The van der Waals surface area contributed by atoms with Crippen LogP contribution in [0.1, 0.15) is 61.0 Å². The molecule has 3 aliphatic heterocycles. The van der Waals surface area contributed by atoms with E-state index in [2.05, 4.69) is 4.98 Å². The van der Waals surface area contributed by atoms with Crippen molar-refractivity contribution in [3.8, 4) is 0 Å². The third-order valence-electron chi connectivity index (χ3n) is 9.72. The van der Waals surface area contributed by atoms with Crippen molar-refractivity contribution >= 4 is 69.4 Å². The second-order valence-electron chi connectivity index (χ2n) is 15.2. The van der Waals surface area contributed by atoms with Crippen LogP contribution < -0.4 is 10.4 Å². The van der Waals surface area contributed by atoms with Crippen molar-refractivity contribution in [3.05, 3.63) is 64.3 Å². The minimum atomic E-state index is -4.19. The molecular weight excluding hydrogens is 704 g/mol. The first kappa shape index (κ1) is 36.6. The summed E-state index contributed by atoms with van der Waals surface area (Å²) in [6.45, 7) is 15.4. The number of ether oxygens (including phenoxy) is 1. The van der Waals surface area contributed by atoms with Gasteiger partial charge in [-0.25, -0.2) is 23.1 Å². The summed E-state index contributed by atoms with van der Waals surface area (Å²) in [5.41, 5.74) is -1.16. The van der Waals surface area contributed by atoms with Gasteiger partial charge in [0.15, 0.2) is 5.03 Å². The number of carbonyl (C=O) groups excluding carboxylic acids is 2. The van der Waals surface area contributed by atoms with Gasteiger partial charge >= 0.3 is 13.2 Å². The van der Waals surface area contributed by atoms with Crippen molar-refractivity contribution in [2.75, 3.05) is 31.1 Å². The number of benzene rings is 2. The van der Waals surface area contributed by atoms with Crippen molar-refractivity contribution in [1.82, 2.24) is 18.8 Å². The van der Waals surface area contributed by atoms with Crippen LogP contribution in [0.4, 0.5) is 16.4 Å². The van der Waals surface area contributed by atoms with E-state index >= 15 is 0 Å². The van der Waals surface area contributed by atoms with Crippen molar-refractivity contribution in [2.45, 2.75) is 89.2 Å². The molecule has 0 aliphatic carbocycles. The van der Waals surface area contributed by atoms with Crippen molar-refractivity contribution in [3.63, 3.8) is 0 Å². The highest BCUT2D eigenvalue weighted by Crippen LogP contribution is 2.45. The molecule has 2 saturated heterocycles. The minimum Gasteiger partial charge on any atom is -0.444 e. The number of fused-ring (bicyclic) bond motifs is 1. The molecule has 0 spiro atoms. The highest BCUT2D eigenvalue weighted by atomic mass is 35.5. The maximum Gasteiger partial charge on any atom is 0.494 e. The van der Waals surface area contributed by atoms with Crippen molar-refractivity contribution in [2.24, 2.45) is 0 Å². The largest absolute Gasteiger partial charge is 0.494 e. The Bertz CT molecular complexity index is 1900. The second-order valence-corrected chi connectivity index (χ2v) is 17.9. The number of amides is 2. The predicted octanol–water partition coefficient (Wildman–Crippen LogP) is 5.37. The first-order chi connectivity index (χ1) is 23.1. The van der Waals surface area contributed by atoms with E-state index in [0.29, 0.717) is 15.7 Å². The van der Waals surface area contributed by atoms with Gasteiger partial charge < -0.3 is 18.9 Å². The first-order valence-corrected chi connectivity index (χ1v) is 18.6. The third-order valence-corrected chi connectivity index (χ3v) is 12.0. The quantitative estimate of drug-likeness (QED) is 0.309. The molecule has 0 saturated carbocycles. The molecule has 268 valence electrons. The van der Waals surface area contributed by atoms with E-state index in [4.69, 9.17) is 37.2 Å². The summed E-state index contributed by atoms with van der Waals surface area (Å²) in [6.07, 6.45) is 0.910. The lowest BCUT2D eigenvalue weighted by molar-refractivity contribution is -0.124. The van der Waals surface area contributed by atoms with Crippen LogP contribution in [0.2, 0.25) is 10.0 Å². The molecule has 2 amide bonds. The van der Waals surface area contributed by atoms with Gasteiger partial charge in [0.2, 0.25) is 5.95 Å². The number of sulfonamides is 1. The Morgan fingerprint density at radius 3 is 2.04 bits per heavy atom. The lowest BCUT2D eigenvalue weighted by atomic mass is 9.78.